The van der Waals surface area contributed by atoms with E-state index in [4.69, 9.17) is 28.4 Å². The highest BCUT2D eigenvalue weighted by molar-refractivity contribution is 5.92. The first-order valence-electron chi connectivity index (χ1n) is 10.4. The van der Waals surface area contributed by atoms with Crippen LogP contribution in [0.25, 0.3) is 0 Å². The molecule has 2 aromatic carbocycles. The van der Waals surface area contributed by atoms with Crippen molar-refractivity contribution in [1.29, 1.82) is 0 Å². The molecule has 9 nitrogen and oxygen atoms in total. The minimum Gasteiger partial charge on any atom is -0.490 e. The van der Waals surface area contributed by atoms with Crippen molar-refractivity contribution in [3.05, 3.63) is 41.5 Å². The van der Waals surface area contributed by atoms with Gasteiger partial charge in [-0.15, -0.1) is 0 Å². The maximum Gasteiger partial charge on any atom is 0.338 e. The van der Waals surface area contributed by atoms with E-state index in [1.165, 1.54) is 12.1 Å². The summed E-state index contributed by atoms with van der Waals surface area (Å²) in [6.45, 7) is 6.69. The molecule has 0 aromatic heterocycles. The number of esters is 1. The van der Waals surface area contributed by atoms with Crippen LogP contribution < -0.4 is 29.0 Å². The summed E-state index contributed by atoms with van der Waals surface area (Å²) < 4.78 is 32.6. The van der Waals surface area contributed by atoms with Crippen molar-refractivity contribution in [2.24, 2.45) is 0 Å². The van der Waals surface area contributed by atoms with E-state index < -0.39 is 18.5 Å². The molecule has 1 heterocycles. The van der Waals surface area contributed by atoms with Crippen LogP contribution in [-0.2, 0) is 16.1 Å². The van der Waals surface area contributed by atoms with Gasteiger partial charge in [-0.2, -0.15) is 0 Å². The summed E-state index contributed by atoms with van der Waals surface area (Å²) in [5.41, 5.74) is 1.03. The van der Waals surface area contributed by atoms with Gasteiger partial charge in [-0.1, -0.05) is 6.07 Å². The molecule has 0 radical (unpaired) electrons. The van der Waals surface area contributed by atoms with Gasteiger partial charge >= 0.3 is 5.97 Å². The summed E-state index contributed by atoms with van der Waals surface area (Å²) in [6, 6.07) is 8.43. The summed E-state index contributed by atoms with van der Waals surface area (Å²) in [4.78, 5) is 24.7. The van der Waals surface area contributed by atoms with Crippen molar-refractivity contribution in [1.82, 2.24) is 5.32 Å². The third kappa shape index (κ3) is 5.75. The van der Waals surface area contributed by atoms with Crippen LogP contribution in [0.2, 0.25) is 0 Å². The average Bonchev–Trinajstić information content (AvgIpc) is 3.26. The Labute approximate surface area is 186 Å². The number of rotatable bonds is 11. The minimum atomic E-state index is -0.673. The number of ether oxygens (including phenoxy) is 6. The van der Waals surface area contributed by atoms with Crippen LogP contribution in [0.15, 0.2) is 30.3 Å². The van der Waals surface area contributed by atoms with E-state index in [1.807, 2.05) is 26.8 Å². The van der Waals surface area contributed by atoms with Crippen molar-refractivity contribution in [2.75, 3.05) is 33.2 Å². The van der Waals surface area contributed by atoms with Gasteiger partial charge in [-0.3, -0.25) is 4.79 Å². The van der Waals surface area contributed by atoms with Crippen LogP contribution in [0.1, 0.15) is 36.7 Å². The van der Waals surface area contributed by atoms with E-state index in [-0.39, 0.29) is 18.9 Å². The first-order valence-corrected chi connectivity index (χ1v) is 10.4. The molecule has 9 heteroatoms. The van der Waals surface area contributed by atoms with E-state index in [0.29, 0.717) is 48.6 Å². The van der Waals surface area contributed by atoms with Gasteiger partial charge in [0.2, 0.25) is 12.5 Å². The van der Waals surface area contributed by atoms with Crippen LogP contribution in [0.3, 0.4) is 0 Å². The summed E-state index contributed by atoms with van der Waals surface area (Å²) in [6.07, 6.45) is 0. The molecule has 0 saturated heterocycles. The number of amides is 1. The maximum absolute atomic E-state index is 12.5. The molecule has 1 amide bonds. The molecular formula is C23H27NO8. The fourth-order valence-corrected chi connectivity index (χ4v) is 3.02. The van der Waals surface area contributed by atoms with Gasteiger partial charge in [0.15, 0.2) is 29.6 Å². The molecule has 2 aromatic rings. The lowest BCUT2D eigenvalue weighted by molar-refractivity contribution is -0.124. The zero-order chi connectivity index (χ0) is 22.9. The first-order chi connectivity index (χ1) is 15.5. The lowest BCUT2D eigenvalue weighted by Gasteiger charge is -2.16. The van der Waals surface area contributed by atoms with E-state index in [1.54, 1.807) is 12.1 Å². The van der Waals surface area contributed by atoms with E-state index in [9.17, 15) is 9.59 Å². The quantitative estimate of drug-likeness (QED) is 0.527. The summed E-state index contributed by atoms with van der Waals surface area (Å²) in [7, 11) is 0. The Balaban J connectivity index is 1.60. The molecule has 0 aliphatic carbocycles. The SMILES string of the molecule is CCOc1cc(C(=O)OCC(=O)NCc2ccc3c(c2)OCO3)cc(OCC)c1OCC. The number of nitrogens with one attached hydrogen (secondary N) is 1. The fraction of sp³-hybridized carbons (Fsp3) is 0.391. The number of benzene rings is 2. The molecule has 0 atom stereocenters. The van der Waals surface area contributed by atoms with Crippen molar-refractivity contribution < 1.29 is 38.0 Å². The van der Waals surface area contributed by atoms with Gasteiger partial charge in [0.25, 0.3) is 5.91 Å². The standard InChI is InChI=1S/C23H27NO8/c1-4-27-19-10-16(11-20(28-5-2)22(19)29-6-3)23(26)30-13-21(25)24-12-15-7-8-17-18(9-15)32-14-31-17/h7-11H,4-6,12-14H2,1-3H3,(H,24,25). The number of carbonyl (C=O) groups excluding carboxylic acids is 2. The van der Waals surface area contributed by atoms with Gasteiger partial charge < -0.3 is 33.7 Å². The highest BCUT2D eigenvalue weighted by Gasteiger charge is 2.20. The molecule has 1 aliphatic rings. The zero-order valence-corrected chi connectivity index (χ0v) is 18.4. The van der Waals surface area contributed by atoms with Crippen LogP contribution in [-0.4, -0.2) is 45.1 Å². The molecule has 0 fully saturated rings. The van der Waals surface area contributed by atoms with E-state index in [2.05, 4.69) is 5.32 Å². The molecule has 3 rings (SSSR count). The highest BCUT2D eigenvalue weighted by atomic mass is 16.7. The molecule has 172 valence electrons. The number of carbonyl (C=O) groups is 2. The normalized spacial score (nSPS) is 11.6. The second-order valence-corrected chi connectivity index (χ2v) is 6.64. The van der Waals surface area contributed by atoms with Crippen molar-refractivity contribution in [2.45, 2.75) is 27.3 Å². The molecular weight excluding hydrogens is 418 g/mol. The molecule has 0 saturated carbocycles. The predicted octanol–water partition coefficient (Wildman–Crippen LogP) is 3.08. The molecule has 1 N–H and O–H groups in total. The van der Waals surface area contributed by atoms with Crippen LogP contribution in [0.4, 0.5) is 0 Å². The van der Waals surface area contributed by atoms with Crippen molar-refractivity contribution in [3.8, 4) is 28.7 Å². The van der Waals surface area contributed by atoms with Gasteiger partial charge in [0.05, 0.1) is 25.4 Å². The van der Waals surface area contributed by atoms with E-state index >= 15 is 0 Å². The number of fused-ring (bicyclic) bond motifs is 1. The minimum absolute atomic E-state index is 0.183. The fourth-order valence-electron chi connectivity index (χ4n) is 3.02. The van der Waals surface area contributed by atoms with Crippen LogP contribution in [0, 0.1) is 0 Å². The van der Waals surface area contributed by atoms with Crippen molar-refractivity contribution >= 4 is 11.9 Å². The lowest BCUT2D eigenvalue weighted by atomic mass is 10.2. The lowest BCUT2D eigenvalue weighted by Crippen LogP contribution is -2.28. The highest BCUT2D eigenvalue weighted by Crippen LogP contribution is 2.39. The summed E-state index contributed by atoms with van der Waals surface area (Å²) in [5.74, 6) is 1.37. The third-order valence-electron chi connectivity index (χ3n) is 4.41. The Hall–Kier alpha value is -3.62. The van der Waals surface area contributed by atoms with Crippen LogP contribution in [0.5, 0.6) is 28.7 Å². The third-order valence-corrected chi connectivity index (χ3v) is 4.41. The Bertz CT molecular complexity index is 932. The number of hydrogen-bond acceptors (Lipinski definition) is 8. The number of hydrogen-bond donors (Lipinski definition) is 1. The summed E-state index contributed by atoms with van der Waals surface area (Å²) in [5, 5.41) is 2.70. The first kappa shape index (κ1) is 23.1. The topological polar surface area (TPSA) is 102 Å². The van der Waals surface area contributed by atoms with Crippen molar-refractivity contribution in [3.63, 3.8) is 0 Å². The van der Waals surface area contributed by atoms with Crippen LogP contribution >= 0.6 is 0 Å². The van der Waals surface area contributed by atoms with Gasteiger partial charge in [0.1, 0.15) is 0 Å². The monoisotopic (exact) mass is 445 g/mol. The van der Waals surface area contributed by atoms with Gasteiger partial charge in [0, 0.05) is 6.54 Å². The zero-order valence-electron chi connectivity index (χ0n) is 18.4. The van der Waals surface area contributed by atoms with E-state index in [0.717, 1.165) is 5.56 Å². The maximum atomic E-state index is 12.5. The molecule has 1 aliphatic heterocycles. The molecule has 32 heavy (non-hydrogen) atoms. The van der Waals surface area contributed by atoms with Gasteiger partial charge in [-0.05, 0) is 50.6 Å². The Morgan fingerprint density at radius 3 is 2.22 bits per heavy atom. The molecule has 0 unspecified atom stereocenters. The Morgan fingerprint density at radius 1 is 0.906 bits per heavy atom. The smallest absolute Gasteiger partial charge is 0.338 e. The second-order valence-electron chi connectivity index (χ2n) is 6.64. The Morgan fingerprint density at radius 2 is 1.56 bits per heavy atom. The Kier molecular flexibility index (Phi) is 8.02. The predicted molar refractivity (Wildman–Crippen MR) is 115 cm³/mol. The average molecular weight is 445 g/mol. The van der Waals surface area contributed by atoms with Gasteiger partial charge in [-0.25, -0.2) is 4.79 Å². The second kappa shape index (κ2) is 11.1. The molecule has 0 bridgehead atoms. The largest absolute Gasteiger partial charge is 0.490 e. The molecule has 0 spiro atoms. The summed E-state index contributed by atoms with van der Waals surface area (Å²) >= 11 is 0.